The predicted octanol–water partition coefficient (Wildman–Crippen LogP) is 5.13. The molecule has 10 nitrogen and oxygen atoms in total. The van der Waals surface area contributed by atoms with E-state index in [0.717, 1.165) is 12.1 Å². The molecule has 1 aliphatic rings. The molecule has 0 aliphatic carbocycles. The van der Waals surface area contributed by atoms with Crippen LogP contribution in [0, 0.1) is 0 Å². The minimum Gasteiger partial charge on any atom is -0.371 e. The molecule has 1 unspecified atom stereocenters. The number of rotatable bonds is 6. The highest BCUT2D eigenvalue weighted by molar-refractivity contribution is 6.33. The van der Waals surface area contributed by atoms with Gasteiger partial charge in [0.2, 0.25) is 5.95 Å². The number of aromatic nitrogens is 5. The van der Waals surface area contributed by atoms with Gasteiger partial charge in [0.1, 0.15) is 18.5 Å². The van der Waals surface area contributed by atoms with Crippen LogP contribution in [0.2, 0.25) is 5.02 Å². The monoisotopic (exact) mass is 583 g/mol. The van der Waals surface area contributed by atoms with Gasteiger partial charge in [0, 0.05) is 47.7 Å². The van der Waals surface area contributed by atoms with Gasteiger partial charge >= 0.3 is 6.18 Å². The molecule has 1 fully saturated rings. The number of morpholine rings is 1. The second-order valence-electron chi connectivity index (χ2n) is 9.32. The number of alkyl halides is 3. The zero-order valence-corrected chi connectivity index (χ0v) is 21.9. The summed E-state index contributed by atoms with van der Waals surface area (Å²) in [6.45, 7) is 0.558. The molecule has 14 heteroatoms. The molecule has 41 heavy (non-hydrogen) atoms. The zero-order valence-electron chi connectivity index (χ0n) is 21.2. The van der Waals surface area contributed by atoms with Crippen molar-refractivity contribution in [3.05, 3.63) is 82.2 Å². The second-order valence-corrected chi connectivity index (χ2v) is 9.72. The first-order valence-electron chi connectivity index (χ1n) is 12.5. The fourth-order valence-electron chi connectivity index (χ4n) is 4.55. The smallest absolute Gasteiger partial charge is 0.371 e. The van der Waals surface area contributed by atoms with Crippen molar-refractivity contribution in [3.63, 3.8) is 0 Å². The third kappa shape index (κ3) is 5.78. The molecule has 2 N–H and O–H groups in total. The Morgan fingerprint density at radius 2 is 1.93 bits per heavy atom. The molecular weight excluding hydrogens is 563 g/mol. The zero-order chi connectivity index (χ0) is 28.6. The highest BCUT2D eigenvalue weighted by atomic mass is 35.5. The van der Waals surface area contributed by atoms with E-state index in [0.29, 0.717) is 34.5 Å². The maximum Gasteiger partial charge on any atom is 0.406 e. The summed E-state index contributed by atoms with van der Waals surface area (Å²) in [7, 11) is 0. The summed E-state index contributed by atoms with van der Waals surface area (Å²) in [6.07, 6.45) is 0.850. The summed E-state index contributed by atoms with van der Waals surface area (Å²) in [5.41, 5.74) is 1.52. The molecule has 5 aromatic rings. The topological polar surface area (TPSA) is 120 Å². The summed E-state index contributed by atoms with van der Waals surface area (Å²) in [5, 5.41) is 10.2. The average Bonchev–Trinajstić information content (AvgIpc) is 3.50. The van der Waals surface area contributed by atoms with Gasteiger partial charge in [-0.3, -0.25) is 14.3 Å². The van der Waals surface area contributed by atoms with Crippen molar-refractivity contribution in [1.82, 2.24) is 30.0 Å². The fraction of sp³-hybridized carbons (Fsp3) is 0.222. The molecule has 1 aromatic carbocycles. The lowest BCUT2D eigenvalue weighted by molar-refractivity contribution is -0.140. The fourth-order valence-corrected chi connectivity index (χ4v) is 4.81. The molecule has 0 radical (unpaired) electrons. The number of ether oxygens (including phenoxy) is 1. The first-order valence-corrected chi connectivity index (χ1v) is 12.9. The van der Waals surface area contributed by atoms with Crippen molar-refractivity contribution in [2.75, 3.05) is 25.0 Å². The highest BCUT2D eigenvalue weighted by Gasteiger charge is 2.31. The molecule has 0 spiro atoms. The van der Waals surface area contributed by atoms with Gasteiger partial charge in [0.05, 0.1) is 35.2 Å². The summed E-state index contributed by atoms with van der Waals surface area (Å²) in [6, 6.07) is 10.3. The number of benzene rings is 1. The molecule has 0 amide bonds. The van der Waals surface area contributed by atoms with Crippen LogP contribution in [-0.2, 0) is 11.3 Å². The Bertz CT molecular complexity index is 1750. The van der Waals surface area contributed by atoms with E-state index in [2.05, 4.69) is 30.7 Å². The first kappa shape index (κ1) is 26.9. The lowest BCUT2D eigenvalue weighted by Gasteiger charge is -2.24. The Morgan fingerprint density at radius 3 is 2.61 bits per heavy atom. The summed E-state index contributed by atoms with van der Waals surface area (Å²) < 4.78 is 52.0. The molecule has 1 saturated heterocycles. The lowest BCUT2D eigenvalue weighted by atomic mass is 10.1. The Hall–Kier alpha value is -4.33. The van der Waals surface area contributed by atoms with E-state index in [1.807, 2.05) is 12.1 Å². The molecule has 6 rings (SSSR count). The van der Waals surface area contributed by atoms with E-state index >= 15 is 0 Å². The Morgan fingerprint density at radius 1 is 1.10 bits per heavy atom. The maximum absolute atomic E-state index is 13.6. The van der Waals surface area contributed by atoms with E-state index in [4.69, 9.17) is 20.9 Å². The van der Waals surface area contributed by atoms with Crippen molar-refractivity contribution in [3.8, 4) is 22.4 Å². The first-order chi connectivity index (χ1) is 19.7. The molecule has 5 heterocycles. The van der Waals surface area contributed by atoms with E-state index < -0.39 is 18.3 Å². The number of hydrogen-bond acceptors (Lipinski definition) is 9. The number of nitrogens with zero attached hydrogens (tertiary/aromatic N) is 5. The van der Waals surface area contributed by atoms with E-state index in [1.165, 1.54) is 37.0 Å². The third-order valence-electron chi connectivity index (χ3n) is 6.49. The number of halogens is 4. The van der Waals surface area contributed by atoms with Gasteiger partial charge in [-0.25, -0.2) is 4.98 Å². The van der Waals surface area contributed by atoms with E-state index in [-0.39, 0.29) is 39.4 Å². The summed E-state index contributed by atoms with van der Waals surface area (Å²) in [5.74, 6) is 0.0261. The molecule has 0 bridgehead atoms. The van der Waals surface area contributed by atoms with Crippen molar-refractivity contribution >= 4 is 34.3 Å². The van der Waals surface area contributed by atoms with Gasteiger partial charge in [-0.2, -0.15) is 18.2 Å². The number of hydrogen-bond donors (Lipinski definition) is 2. The van der Waals surface area contributed by atoms with Gasteiger partial charge in [-0.05, 0) is 29.8 Å². The van der Waals surface area contributed by atoms with Gasteiger partial charge in [-0.1, -0.05) is 28.9 Å². The largest absolute Gasteiger partial charge is 0.406 e. The van der Waals surface area contributed by atoms with Crippen LogP contribution in [0.15, 0.2) is 70.6 Å². The van der Waals surface area contributed by atoms with Crippen LogP contribution in [-0.4, -0.2) is 50.5 Å². The van der Waals surface area contributed by atoms with Crippen LogP contribution in [0.25, 0.3) is 33.4 Å². The number of nitrogens with one attached hydrogen (secondary N) is 2. The van der Waals surface area contributed by atoms with Crippen molar-refractivity contribution in [1.29, 1.82) is 0 Å². The lowest BCUT2D eigenvalue weighted by Crippen LogP contribution is -2.33. The molecule has 1 aliphatic heterocycles. The third-order valence-corrected chi connectivity index (χ3v) is 6.78. The normalized spacial score (nSPS) is 15.8. The quantitative estimate of drug-likeness (QED) is 0.280. The summed E-state index contributed by atoms with van der Waals surface area (Å²) >= 11 is 6.43. The molecule has 4 aromatic heterocycles. The van der Waals surface area contributed by atoms with Gasteiger partial charge in [0.25, 0.3) is 5.56 Å². The van der Waals surface area contributed by atoms with Crippen LogP contribution in [0.1, 0.15) is 11.7 Å². The maximum atomic E-state index is 13.6. The molecule has 1 atom stereocenters. The Kier molecular flexibility index (Phi) is 7.15. The van der Waals surface area contributed by atoms with Crippen LogP contribution in [0.3, 0.4) is 0 Å². The van der Waals surface area contributed by atoms with Crippen molar-refractivity contribution in [2.45, 2.75) is 18.8 Å². The Labute approximate surface area is 235 Å². The number of pyridine rings is 2. The molecular formula is C27H21ClF3N7O3. The predicted molar refractivity (Wildman–Crippen MR) is 145 cm³/mol. The minimum atomic E-state index is -4.70. The molecule has 0 saturated carbocycles. The van der Waals surface area contributed by atoms with Gasteiger partial charge < -0.3 is 19.9 Å². The summed E-state index contributed by atoms with van der Waals surface area (Å²) in [4.78, 5) is 26.2. The van der Waals surface area contributed by atoms with Crippen LogP contribution < -0.4 is 16.2 Å². The number of fused-ring (bicyclic) bond motifs is 1. The highest BCUT2D eigenvalue weighted by Crippen LogP contribution is 2.31. The van der Waals surface area contributed by atoms with E-state index in [1.54, 1.807) is 12.1 Å². The van der Waals surface area contributed by atoms with Gasteiger partial charge in [0.15, 0.2) is 0 Å². The van der Waals surface area contributed by atoms with Crippen LogP contribution in [0.4, 0.5) is 24.8 Å². The molecule has 210 valence electrons. The standard InChI is InChI=1S/C27H21ClF3N7O3/c28-21-8-16(18-11-35-41-13-18)9-33-23(21)20-7-17-10-34-26(37-24(17)38(25(20)39)14-27(29,30)31)36-19-3-1-15(2-4-19)22-12-32-5-6-40-22/h1-4,7-11,13,22,32H,5-6,12,14H2,(H,34,36,37). The van der Waals surface area contributed by atoms with Crippen LogP contribution >= 0.6 is 11.6 Å². The second kappa shape index (κ2) is 10.9. The van der Waals surface area contributed by atoms with Gasteiger partial charge in [-0.15, -0.1) is 0 Å². The van der Waals surface area contributed by atoms with Crippen molar-refractivity contribution in [2.24, 2.45) is 0 Å². The number of anilines is 2. The SMILES string of the molecule is O=c1c(-c2ncc(-c3cnoc3)cc2Cl)cc2cnc(Nc3ccc(C4CNCCO4)cc3)nc2n1CC(F)(F)F. The van der Waals surface area contributed by atoms with Crippen LogP contribution in [0.5, 0.6) is 0 Å². The minimum absolute atomic E-state index is 0.0223. The average molecular weight is 584 g/mol. The van der Waals surface area contributed by atoms with E-state index in [9.17, 15) is 18.0 Å². The Balaban J connectivity index is 1.36. The van der Waals surface area contributed by atoms with Crippen molar-refractivity contribution < 1.29 is 22.4 Å².